The molecule has 4 aromatic carbocycles. The molecule has 0 radical (unpaired) electrons. The number of hydrogen-bond acceptors (Lipinski definition) is 1. The average molecular weight is 451 g/mol. The maximum absolute atomic E-state index is 6.24. The Morgan fingerprint density at radius 3 is 2.06 bits per heavy atom. The zero-order chi connectivity index (χ0) is 22.6. The van der Waals surface area contributed by atoms with Crippen molar-refractivity contribution >= 4 is 17.2 Å². The number of ether oxygens (including phenoxy) is 1. The summed E-state index contributed by atoms with van der Waals surface area (Å²) < 4.78 is 5.82. The van der Waals surface area contributed by atoms with Crippen LogP contribution >= 0.6 is 11.6 Å². The summed E-state index contributed by atoms with van der Waals surface area (Å²) in [5.41, 5.74) is 10.4. The van der Waals surface area contributed by atoms with Crippen molar-refractivity contribution in [2.75, 3.05) is 13.2 Å². The van der Waals surface area contributed by atoms with Gasteiger partial charge in [-0.2, -0.15) is 0 Å². The van der Waals surface area contributed by atoms with Crippen LogP contribution in [0.3, 0.4) is 0 Å². The Kier molecular flexibility index (Phi) is 6.44. The Hall–Kier alpha value is -3.13. The van der Waals surface area contributed by atoms with Crippen molar-refractivity contribution in [3.63, 3.8) is 0 Å². The molecule has 0 heterocycles. The van der Waals surface area contributed by atoms with Gasteiger partial charge in [-0.05, 0) is 76.1 Å². The topological polar surface area (TPSA) is 9.23 Å². The third-order valence-corrected chi connectivity index (χ3v) is 6.65. The average Bonchev–Trinajstić information content (AvgIpc) is 3.19. The highest BCUT2D eigenvalue weighted by atomic mass is 35.5. The summed E-state index contributed by atoms with van der Waals surface area (Å²) in [6.07, 6.45) is 0.890. The lowest BCUT2D eigenvalue weighted by Gasteiger charge is -2.18. The molecule has 0 aromatic heterocycles. The van der Waals surface area contributed by atoms with Crippen LogP contribution in [0.1, 0.15) is 41.5 Å². The molecule has 0 saturated heterocycles. The minimum Gasteiger partial charge on any atom is -0.381 e. The van der Waals surface area contributed by atoms with Crippen LogP contribution in [0.15, 0.2) is 109 Å². The zero-order valence-electron chi connectivity index (χ0n) is 18.8. The van der Waals surface area contributed by atoms with Gasteiger partial charge >= 0.3 is 0 Å². The largest absolute Gasteiger partial charge is 0.381 e. The minimum atomic E-state index is 0.192. The third kappa shape index (κ3) is 4.39. The van der Waals surface area contributed by atoms with Crippen LogP contribution in [0, 0.1) is 0 Å². The Labute approximate surface area is 201 Å². The minimum absolute atomic E-state index is 0.192. The highest BCUT2D eigenvalue weighted by Gasteiger charge is 2.33. The predicted octanol–water partition coefficient (Wildman–Crippen LogP) is 8.38. The second-order valence-corrected chi connectivity index (χ2v) is 8.80. The van der Waals surface area contributed by atoms with Gasteiger partial charge in [0.15, 0.2) is 0 Å². The van der Waals surface area contributed by atoms with Gasteiger partial charge in [0.1, 0.15) is 0 Å². The van der Waals surface area contributed by atoms with Crippen molar-refractivity contribution in [2.24, 2.45) is 0 Å². The molecule has 0 bridgehead atoms. The molecule has 0 aliphatic heterocycles. The first-order valence-electron chi connectivity index (χ1n) is 11.6. The third-order valence-electron chi connectivity index (χ3n) is 6.40. The van der Waals surface area contributed by atoms with E-state index < -0.39 is 0 Å². The first-order chi connectivity index (χ1) is 16.3. The van der Waals surface area contributed by atoms with Gasteiger partial charge in [-0.15, -0.1) is 0 Å². The van der Waals surface area contributed by atoms with Crippen LogP contribution in [-0.4, -0.2) is 13.2 Å². The maximum Gasteiger partial charge on any atom is 0.0503 e. The first kappa shape index (κ1) is 21.7. The van der Waals surface area contributed by atoms with Gasteiger partial charge in [0.25, 0.3) is 0 Å². The van der Waals surface area contributed by atoms with E-state index in [1.807, 2.05) is 12.1 Å². The van der Waals surface area contributed by atoms with Crippen molar-refractivity contribution in [3.8, 4) is 11.1 Å². The zero-order valence-corrected chi connectivity index (χ0v) is 19.6. The Morgan fingerprint density at radius 2 is 1.39 bits per heavy atom. The number of benzene rings is 4. The molecular weight excluding hydrogens is 424 g/mol. The lowest BCUT2D eigenvalue weighted by Crippen LogP contribution is -2.05. The van der Waals surface area contributed by atoms with Crippen LogP contribution in [0.2, 0.25) is 5.02 Å². The van der Waals surface area contributed by atoms with E-state index in [9.17, 15) is 0 Å². The molecule has 0 amide bonds. The number of halogens is 1. The number of hydrogen-bond donors (Lipinski definition) is 0. The fourth-order valence-electron chi connectivity index (χ4n) is 4.92. The molecule has 5 rings (SSSR count). The van der Waals surface area contributed by atoms with Crippen LogP contribution in [-0.2, 0) is 4.74 Å². The molecule has 164 valence electrons. The molecular formula is C31H27ClO. The Morgan fingerprint density at radius 1 is 0.727 bits per heavy atom. The Balaban J connectivity index is 1.72. The standard InChI is InChI=1S/C31H27ClO/c1-2-33-20-19-28-30(24-13-16-26(32)17-14-24)27-18-15-25(22-9-5-3-6-10-22)21-29(27)31(28)23-11-7-4-8-12-23/h3-18,21,30H,2,19-20H2,1H3. The summed E-state index contributed by atoms with van der Waals surface area (Å²) in [5.74, 6) is 0.192. The van der Waals surface area contributed by atoms with Crippen molar-refractivity contribution in [3.05, 3.63) is 136 Å². The quantitative estimate of drug-likeness (QED) is 0.257. The van der Waals surface area contributed by atoms with Crippen LogP contribution in [0.4, 0.5) is 0 Å². The van der Waals surface area contributed by atoms with E-state index in [-0.39, 0.29) is 5.92 Å². The Bertz CT molecular complexity index is 1260. The lowest BCUT2D eigenvalue weighted by molar-refractivity contribution is 0.150. The van der Waals surface area contributed by atoms with E-state index in [1.54, 1.807) is 0 Å². The number of rotatable bonds is 7. The van der Waals surface area contributed by atoms with Crippen molar-refractivity contribution < 1.29 is 4.74 Å². The molecule has 0 fully saturated rings. The van der Waals surface area contributed by atoms with E-state index in [2.05, 4.69) is 97.9 Å². The molecule has 1 atom stereocenters. The highest BCUT2D eigenvalue weighted by molar-refractivity contribution is 6.30. The van der Waals surface area contributed by atoms with Crippen molar-refractivity contribution in [1.82, 2.24) is 0 Å². The smallest absolute Gasteiger partial charge is 0.0503 e. The fraction of sp³-hybridized carbons (Fsp3) is 0.161. The van der Waals surface area contributed by atoms with Gasteiger partial charge in [0, 0.05) is 17.5 Å². The van der Waals surface area contributed by atoms with E-state index >= 15 is 0 Å². The van der Waals surface area contributed by atoms with Gasteiger partial charge in [-0.3, -0.25) is 0 Å². The molecule has 0 N–H and O–H groups in total. The summed E-state index contributed by atoms with van der Waals surface area (Å²) in [4.78, 5) is 0. The SMILES string of the molecule is CCOCCC1=C(c2ccccc2)c2cc(-c3ccccc3)ccc2C1c1ccc(Cl)cc1. The van der Waals surface area contributed by atoms with Gasteiger partial charge < -0.3 is 4.74 Å². The molecule has 2 heteroatoms. The molecule has 1 aliphatic carbocycles. The molecule has 0 saturated carbocycles. The maximum atomic E-state index is 6.24. The van der Waals surface area contributed by atoms with Gasteiger partial charge in [0.05, 0.1) is 6.61 Å². The molecule has 1 unspecified atom stereocenters. The van der Waals surface area contributed by atoms with Gasteiger partial charge in [-0.25, -0.2) is 0 Å². The molecule has 4 aromatic rings. The summed E-state index contributed by atoms with van der Waals surface area (Å²) in [6.45, 7) is 3.50. The van der Waals surface area contributed by atoms with Crippen LogP contribution in [0.25, 0.3) is 16.7 Å². The summed E-state index contributed by atoms with van der Waals surface area (Å²) in [5, 5.41) is 0.763. The van der Waals surface area contributed by atoms with Crippen LogP contribution < -0.4 is 0 Å². The highest BCUT2D eigenvalue weighted by Crippen LogP contribution is 2.50. The summed E-state index contributed by atoms with van der Waals surface area (Å²) in [6, 6.07) is 36.6. The van der Waals surface area contributed by atoms with E-state index in [4.69, 9.17) is 16.3 Å². The second kappa shape index (κ2) is 9.79. The van der Waals surface area contributed by atoms with Crippen LogP contribution in [0.5, 0.6) is 0 Å². The molecule has 1 nitrogen and oxygen atoms in total. The summed E-state index contributed by atoms with van der Waals surface area (Å²) >= 11 is 6.24. The molecule has 33 heavy (non-hydrogen) atoms. The van der Waals surface area contributed by atoms with Crippen molar-refractivity contribution in [2.45, 2.75) is 19.3 Å². The molecule has 0 spiro atoms. The predicted molar refractivity (Wildman–Crippen MR) is 139 cm³/mol. The molecule has 1 aliphatic rings. The second-order valence-electron chi connectivity index (χ2n) is 8.37. The number of fused-ring (bicyclic) bond motifs is 1. The van der Waals surface area contributed by atoms with Crippen molar-refractivity contribution in [1.29, 1.82) is 0 Å². The fourth-order valence-corrected chi connectivity index (χ4v) is 5.04. The van der Waals surface area contributed by atoms with E-state index in [0.29, 0.717) is 6.61 Å². The van der Waals surface area contributed by atoms with E-state index in [1.165, 1.54) is 44.5 Å². The lowest BCUT2D eigenvalue weighted by atomic mass is 9.86. The summed E-state index contributed by atoms with van der Waals surface area (Å²) in [7, 11) is 0. The van der Waals surface area contributed by atoms with Gasteiger partial charge in [0.2, 0.25) is 0 Å². The monoisotopic (exact) mass is 450 g/mol. The van der Waals surface area contributed by atoms with Gasteiger partial charge in [-0.1, -0.05) is 96.5 Å². The normalized spacial score (nSPS) is 15.0. The first-order valence-corrected chi connectivity index (χ1v) is 12.0. The van der Waals surface area contributed by atoms with E-state index in [0.717, 1.165) is 18.1 Å².